The summed E-state index contributed by atoms with van der Waals surface area (Å²) in [5.74, 6) is -0.207. The van der Waals surface area contributed by atoms with E-state index in [4.69, 9.17) is 16.6 Å². The van der Waals surface area contributed by atoms with Gasteiger partial charge in [0.05, 0.1) is 15.1 Å². The van der Waals surface area contributed by atoms with E-state index in [0.29, 0.717) is 22.3 Å². The van der Waals surface area contributed by atoms with Gasteiger partial charge >= 0.3 is 0 Å². The Morgan fingerprint density at radius 3 is 2.38 bits per heavy atom. The van der Waals surface area contributed by atoms with Crippen LogP contribution >= 0.6 is 22.9 Å². The summed E-state index contributed by atoms with van der Waals surface area (Å²) in [5.41, 5.74) is 2.10. The highest BCUT2D eigenvalue weighted by Crippen LogP contribution is 2.34. The lowest BCUT2D eigenvalue weighted by Crippen LogP contribution is -2.33. The molecule has 0 radical (unpaired) electrons. The summed E-state index contributed by atoms with van der Waals surface area (Å²) in [5, 5.41) is 1.25. The Bertz CT molecular complexity index is 1300. The molecule has 1 amide bonds. The molecule has 182 valence electrons. The maximum Gasteiger partial charge on any atom is 0.260 e. The highest BCUT2D eigenvalue weighted by Gasteiger charge is 2.35. The molecule has 10 heteroatoms. The van der Waals surface area contributed by atoms with Crippen molar-refractivity contribution in [1.82, 2.24) is 14.2 Å². The minimum atomic E-state index is -3.56. The molecule has 3 aromatic rings. The van der Waals surface area contributed by atoms with Crippen LogP contribution in [0.5, 0.6) is 0 Å². The first-order valence-corrected chi connectivity index (χ1v) is 13.8. The van der Waals surface area contributed by atoms with Gasteiger partial charge in [0, 0.05) is 30.2 Å². The minimum absolute atomic E-state index is 0.0782. The van der Waals surface area contributed by atoms with E-state index in [-0.39, 0.29) is 16.8 Å². The molecule has 0 atom stereocenters. The van der Waals surface area contributed by atoms with Gasteiger partial charge in [0.2, 0.25) is 10.0 Å². The Morgan fingerprint density at radius 1 is 1.09 bits per heavy atom. The number of thiazole rings is 1. The number of halogens is 1. The van der Waals surface area contributed by atoms with Crippen molar-refractivity contribution >= 4 is 54.2 Å². The molecule has 1 aliphatic carbocycles. The van der Waals surface area contributed by atoms with E-state index < -0.39 is 10.0 Å². The summed E-state index contributed by atoms with van der Waals surface area (Å²) in [6.07, 6.45) is 2.55. The topological polar surface area (TPSA) is 73.8 Å². The van der Waals surface area contributed by atoms with Crippen LogP contribution in [0.4, 0.5) is 5.13 Å². The van der Waals surface area contributed by atoms with Crippen molar-refractivity contribution in [3.63, 3.8) is 0 Å². The molecular weight excluding hydrogens is 492 g/mol. The zero-order valence-electron chi connectivity index (χ0n) is 19.8. The van der Waals surface area contributed by atoms with Gasteiger partial charge in [0.15, 0.2) is 5.13 Å². The number of nitrogens with zero attached hydrogens (tertiary/aromatic N) is 4. The molecule has 1 aliphatic rings. The number of carbonyl (C=O) groups is 1. The first kappa shape index (κ1) is 25.1. The normalized spacial score (nSPS) is 14.3. The van der Waals surface area contributed by atoms with Crippen LogP contribution in [-0.2, 0) is 10.0 Å². The zero-order valence-corrected chi connectivity index (χ0v) is 22.2. The molecule has 4 rings (SSSR count). The Kier molecular flexibility index (Phi) is 7.30. The molecular formula is C24H29ClN4O3S2. The molecule has 34 heavy (non-hydrogen) atoms. The van der Waals surface area contributed by atoms with Crippen LogP contribution in [0.1, 0.15) is 35.2 Å². The molecule has 0 aliphatic heterocycles. The maximum absolute atomic E-state index is 13.6. The van der Waals surface area contributed by atoms with Crippen molar-refractivity contribution in [3.8, 4) is 0 Å². The predicted molar refractivity (Wildman–Crippen MR) is 139 cm³/mol. The zero-order chi connectivity index (χ0) is 24.6. The Balaban J connectivity index is 1.63. The van der Waals surface area contributed by atoms with Gasteiger partial charge in [-0.25, -0.2) is 13.4 Å². The number of aryl methyl sites for hydroxylation is 1. The second-order valence-corrected chi connectivity index (χ2v) is 12.3. The van der Waals surface area contributed by atoms with E-state index in [1.165, 1.54) is 27.8 Å². The number of carbonyl (C=O) groups excluding carboxylic acids is 1. The van der Waals surface area contributed by atoms with Crippen molar-refractivity contribution in [2.24, 2.45) is 0 Å². The van der Waals surface area contributed by atoms with Crippen molar-refractivity contribution in [2.45, 2.75) is 37.1 Å². The molecule has 1 aromatic heterocycles. The van der Waals surface area contributed by atoms with E-state index in [2.05, 4.69) is 4.90 Å². The lowest BCUT2D eigenvalue weighted by atomic mass is 10.2. The predicted octanol–water partition coefficient (Wildman–Crippen LogP) is 4.64. The second-order valence-electron chi connectivity index (χ2n) is 8.91. The van der Waals surface area contributed by atoms with Gasteiger partial charge in [0.25, 0.3) is 5.91 Å². The van der Waals surface area contributed by atoms with Crippen LogP contribution in [0.3, 0.4) is 0 Å². The van der Waals surface area contributed by atoms with Crippen LogP contribution in [0, 0.1) is 6.92 Å². The van der Waals surface area contributed by atoms with Gasteiger partial charge in [-0.2, -0.15) is 4.31 Å². The summed E-state index contributed by atoms with van der Waals surface area (Å²) >= 11 is 7.73. The number of sulfonamides is 1. The fourth-order valence-corrected chi connectivity index (χ4v) is 6.38. The number of hydrogen-bond acceptors (Lipinski definition) is 6. The summed E-state index contributed by atoms with van der Waals surface area (Å²) in [7, 11) is 2.04. The van der Waals surface area contributed by atoms with Crippen molar-refractivity contribution in [1.29, 1.82) is 0 Å². The number of aromatic nitrogens is 1. The summed E-state index contributed by atoms with van der Waals surface area (Å²) in [6, 6.07) is 10.1. The van der Waals surface area contributed by atoms with Gasteiger partial charge in [0.1, 0.15) is 0 Å². The third kappa shape index (κ3) is 5.13. The largest absolute Gasteiger partial charge is 0.309 e. The third-order valence-corrected chi connectivity index (χ3v) is 9.42. The van der Waals surface area contributed by atoms with Gasteiger partial charge in [-0.3, -0.25) is 9.69 Å². The van der Waals surface area contributed by atoms with Crippen LogP contribution in [0.25, 0.3) is 10.2 Å². The van der Waals surface area contributed by atoms with E-state index >= 15 is 0 Å². The average Bonchev–Trinajstić information content (AvgIpc) is 3.57. The van der Waals surface area contributed by atoms with Crippen LogP contribution < -0.4 is 4.90 Å². The van der Waals surface area contributed by atoms with Crippen molar-refractivity contribution in [2.75, 3.05) is 39.1 Å². The van der Waals surface area contributed by atoms with Crippen LogP contribution in [0.2, 0.25) is 5.02 Å². The van der Waals surface area contributed by atoms with E-state index in [0.717, 1.165) is 41.6 Å². The number of anilines is 1. The first-order valence-electron chi connectivity index (χ1n) is 11.2. The number of rotatable bonds is 9. The fraction of sp³-hybridized carbons (Fsp3) is 0.417. The standard InChI is InChI=1S/C24H29ClN4O3S2/c1-16-20(25)12-13-21-22(16)26-24(33-21)29(15-5-14-27(2)3)23(30)17-6-10-19(11-7-17)34(31,32)28(4)18-8-9-18/h6-7,10-13,18H,5,8-9,14-15H2,1-4H3. The minimum Gasteiger partial charge on any atom is -0.309 e. The highest BCUT2D eigenvalue weighted by molar-refractivity contribution is 7.89. The molecule has 2 aromatic carbocycles. The fourth-order valence-electron chi connectivity index (χ4n) is 3.76. The quantitative estimate of drug-likeness (QED) is 0.411. The lowest BCUT2D eigenvalue weighted by Gasteiger charge is -2.21. The van der Waals surface area contributed by atoms with E-state index in [9.17, 15) is 13.2 Å². The molecule has 0 unspecified atom stereocenters. The molecule has 1 fully saturated rings. The number of benzene rings is 2. The molecule has 1 saturated carbocycles. The SMILES string of the molecule is Cc1c(Cl)ccc2sc(N(CCCN(C)C)C(=O)c3ccc(S(=O)(=O)N(C)C4CC4)cc3)nc12. The Labute approximate surface area is 210 Å². The molecule has 1 heterocycles. The van der Waals surface area contributed by atoms with E-state index in [1.54, 1.807) is 24.1 Å². The monoisotopic (exact) mass is 520 g/mol. The molecule has 0 bridgehead atoms. The van der Waals surface area contributed by atoms with Gasteiger partial charge in [-0.1, -0.05) is 22.9 Å². The number of hydrogen-bond donors (Lipinski definition) is 0. The van der Waals surface area contributed by atoms with Gasteiger partial charge < -0.3 is 4.90 Å². The smallest absolute Gasteiger partial charge is 0.260 e. The van der Waals surface area contributed by atoms with E-state index in [1.807, 2.05) is 33.2 Å². The second kappa shape index (κ2) is 9.91. The van der Waals surface area contributed by atoms with Crippen LogP contribution in [-0.4, -0.2) is 68.8 Å². The lowest BCUT2D eigenvalue weighted by molar-refractivity contribution is 0.0986. The third-order valence-electron chi connectivity index (χ3n) is 6.04. The van der Waals surface area contributed by atoms with Crippen LogP contribution in [0.15, 0.2) is 41.3 Å². The Hall–Kier alpha value is -2.04. The maximum atomic E-state index is 13.6. The molecule has 0 saturated heterocycles. The summed E-state index contributed by atoms with van der Waals surface area (Å²) < 4.78 is 28.0. The molecule has 7 nitrogen and oxygen atoms in total. The van der Waals surface area contributed by atoms with Gasteiger partial charge in [-0.05, 0) is 88.8 Å². The number of fused-ring (bicyclic) bond motifs is 1. The van der Waals surface area contributed by atoms with Crippen molar-refractivity contribution < 1.29 is 13.2 Å². The number of amides is 1. The van der Waals surface area contributed by atoms with Gasteiger partial charge in [-0.15, -0.1) is 0 Å². The first-order chi connectivity index (χ1) is 16.1. The molecule has 0 spiro atoms. The average molecular weight is 521 g/mol. The Morgan fingerprint density at radius 2 is 1.76 bits per heavy atom. The summed E-state index contributed by atoms with van der Waals surface area (Å²) in [6.45, 7) is 3.24. The molecule has 0 N–H and O–H groups in total. The summed E-state index contributed by atoms with van der Waals surface area (Å²) in [4.78, 5) is 22.3. The van der Waals surface area contributed by atoms with Crippen molar-refractivity contribution in [3.05, 3.63) is 52.5 Å². The highest BCUT2D eigenvalue weighted by atomic mass is 35.5.